The Morgan fingerprint density at radius 2 is 2.00 bits per heavy atom. The Balaban J connectivity index is 1.83. The standard InChI is InChI=1S/C16H19NOS2/c1-17(12-13-5-7-14(19-2)8-6-13)16(18)10-9-15-4-3-11-20-15/h3-8,11H,9-10,12H2,1-2H3. The molecule has 0 fully saturated rings. The predicted octanol–water partition coefficient (Wildman–Crippen LogP) is 4.06. The molecule has 0 aliphatic carbocycles. The van der Waals surface area contributed by atoms with Gasteiger partial charge in [-0.3, -0.25) is 4.79 Å². The summed E-state index contributed by atoms with van der Waals surface area (Å²) in [6, 6.07) is 12.5. The highest BCUT2D eigenvalue weighted by Crippen LogP contribution is 2.16. The molecule has 0 radical (unpaired) electrons. The number of benzene rings is 1. The number of thioether (sulfide) groups is 1. The number of aryl methyl sites for hydroxylation is 1. The summed E-state index contributed by atoms with van der Waals surface area (Å²) >= 11 is 3.44. The molecule has 4 heteroatoms. The van der Waals surface area contributed by atoms with Crippen LogP contribution in [0.1, 0.15) is 16.9 Å². The van der Waals surface area contributed by atoms with Crippen molar-refractivity contribution in [3.8, 4) is 0 Å². The molecule has 0 unspecified atom stereocenters. The van der Waals surface area contributed by atoms with Gasteiger partial charge in [0.05, 0.1) is 0 Å². The molecular formula is C16H19NOS2. The van der Waals surface area contributed by atoms with Crippen LogP contribution in [0, 0.1) is 0 Å². The summed E-state index contributed by atoms with van der Waals surface area (Å²) < 4.78 is 0. The quantitative estimate of drug-likeness (QED) is 0.750. The largest absolute Gasteiger partial charge is 0.341 e. The van der Waals surface area contributed by atoms with Crippen LogP contribution in [0.5, 0.6) is 0 Å². The molecule has 0 saturated heterocycles. The molecular weight excluding hydrogens is 286 g/mol. The van der Waals surface area contributed by atoms with Crippen LogP contribution in [0.3, 0.4) is 0 Å². The maximum absolute atomic E-state index is 12.1. The van der Waals surface area contributed by atoms with Gasteiger partial charge in [-0.2, -0.15) is 0 Å². The lowest BCUT2D eigenvalue weighted by Crippen LogP contribution is -2.26. The lowest BCUT2D eigenvalue weighted by molar-refractivity contribution is -0.130. The summed E-state index contributed by atoms with van der Waals surface area (Å²) in [5.74, 6) is 0.201. The average molecular weight is 305 g/mol. The van der Waals surface area contributed by atoms with Gasteiger partial charge >= 0.3 is 0 Å². The van der Waals surface area contributed by atoms with E-state index in [0.717, 1.165) is 6.42 Å². The Morgan fingerprint density at radius 1 is 1.25 bits per heavy atom. The first-order valence-electron chi connectivity index (χ1n) is 6.58. The van der Waals surface area contributed by atoms with Gasteiger partial charge in [0, 0.05) is 29.8 Å². The number of thiophene rings is 1. The molecule has 2 nitrogen and oxygen atoms in total. The highest BCUT2D eigenvalue weighted by Gasteiger charge is 2.09. The first-order chi connectivity index (χ1) is 9.69. The molecule has 0 atom stereocenters. The minimum Gasteiger partial charge on any atom is -0.341 e. The fraction of sp³-hybridized carbons (Fsp3) is 0.312. The first-order valence-corrected chi connectivity index (χ1v) is 8.69. The number of hydrogen-bond acceptors (Lipinski definition) is 3. The van der Waals surface area contributed by atoms with Gasteiger partial charge in [-0.1, -0.05) is 18.2 Å². The second kappa shape index (κ2) is 7.50. The molecule has 0 aliphatic rings. The fourth-order valence-corrected chi connectivity index (χ4v) is 3.09. The SMILES string of the molecule is CSc1ccc(CN(C)C(=O)CCc2cccs2)cc1. The number of carbonyl (C=O) groups is 1. The van der Waals surface area contributed by atoms with Crippen LogP contribution >= 0.6 is 23.1 Å². The summed E-state index contributed by atoms with van der Waals surface area (Å²) in [7, 11) is 1.87. The van der Waals surface area contributed by atoms with Gasteiger partial charge in [0.1, 0.15) is 0 Å². The number of rotatable bonds is 6. The highest BCUT2D eigenvalue weighted by molar-refractivity contribution is 7.98. The van der Waals surface area contributed by atoms with Gasteiger partial charge in [0.2, 0.25) is 5.91 Å². The Bertz CT molecular complexity index is 534. The molecule has 2 aromatic rings. The van der Waals surface area contributed by atoms with Crippen molar-refractivity contribution >= 4 is 29.0 Å². The van der Waals surface area contributed by atoms with Gasteiger partial charge in [-0.25, -0.2) is 0 Å². The maximum Gasteiger partial charge on any atom is 0.222 e. The summed E-state index contributed by atoms with van der Waals surface area (Å²) in [5.41, 5.74) is 1.18. The summed E-state index contributed by atoms with van der Waals surface area (Å²) in [4.78, 5) is 16.4. The van der Waals surface area contributed by atoms with E-state index in [4.69, 9.17) is 0 Å². The molecule has 1 heterocycles. The third kappa shape index (κ3) is 4.39. The third-order valence-corrected chi connectivity index (χ3v) is 4.85. The van der Waals surface area contributed by atoms with Crippen molar-refractivity contribution in [2.45, 2.75) is 24.3 Å². The van der Waals surface area contributed by atoms with Crippen LogP contribution in [0.4, 0.5) is 0 Å². The van der Waals surface area contributed by atoms with Crippen LogP contribution < -0.4 is 0 Å². The highest BCUT2D eigenvalue weighted by atomic mass is 32.2. The smallest absolute Gasteiger partial charge is 0.222 e. The molecule has 0 spiro atoms. The normalized spacial score (nSPS) is 10.5. The molecule has 0 bridgehead atoms. The van der Waals surface area contributed by atoms with Crippen LogP contribution in [-0.4, -0.2) is 24.1 Å². The zero-order chi connectivity index (χ0) is 14.4. The second-order valence-corrected chi connectivity index (χ2v) is 6.59. The first kappa shape index (κ1) is 15.1. The topological polar surface area (TPSA) is 20.3 Å². The monoisotopic (exact) mass is 305 g/mol. The lowest BCUT2D eigenvalue weighted by Gasteiger charge is -2.17. The summed E-state index contributed by atoms with van der Waals surface area (Å²) in [5, 5.41) is 2.05. The van der Waals surface area contributed by atoms with Crippen LogP contribution in [-0.2, 0) is 17.8 Å². The molecule has 20 heavy (non-hydrogen) atoms. The Hall–Kier alpha value is -1.26. The maximum atomic E-state index is 12.1. The van der Waals surface area contributed by atoms with Gasteiger partial charge < -0.3 is 4.90 Å². The van der Waals surface area contributed by atoms with Gasteiger partial charge in [0.25, 0.3) is 0 Å². The summed E-state index contributed by atoms with van der Waals surface area (Å²) in [6.07, 6.45) is 3.49. The number of amides is 1. The minimum atomic E-state index is 0.201. The molecule has 1 aromatic heterocycles. The number of hydrogen-bond donors (Lipinski definition) is 0. The molecule has 2 rings (SSSR count). The fourth-order valence-electron chi connectivity index (χ4n) is 1.97. The van der Waals surface area contributed by atoms with Crippen molar-refractivity contribution < 1.29 is 4.79 Å². The Morgan fingerprint density at radius 3 is 2.60 bits per heavy atom. The Kier molecular flexibility index (Phi) is 5.68. The van der Waals surface area contributed by atoms with E-state index < -0.39 is 0 Å². The van der Waals surface area contributed by atoms with Crippen molar-refractivity contribution in [2.75, 3.05) is 13.3 Å². The third-order valence-electron chi connectivity index (χ3n) is 3.17. The summed E-state index contributed by atoms with van der Waals surface area (Å²) in [6.45, 7) is 0.679. The van der Waals surface area contributed by atoms with Crippen molar-refractivity contribution in [1.82, 2.24) is 4.90 Å². The molecule has 0 aliphatic heterocycles. The van der Waals surface area contributed by atoms with E-state index >= 15 is 0 Å². The van der Waals surface area contributed by atoms with E-state index in [9.17, 15) is 4.79 Å². The van der Waals surface area contributed by atoms with Gasteiger partial charge in [-0.15, -0.1) is 23.1 Å². The minimum absolute atomic E-state index is 0.201. The molecule has 106 valence electrons. The van der Waals surface area contributed by atoms with E-state index in [0.29, 0.717) is 13.0 Å². The van der Waals surface area contributed by atoms with E-state index in [-0.39, 0.29) is 5.91 Å². The van der Waals surface area contributed by atoms with Gasteiger partial charge in [0.15, 0.2) is 0 Å². The zero-order valence-corrected chi connectivity index (χ0v) is 13.5. The van der Waals surface area contributed by atoms with Crippen molar-refractivity contribution in [1.29, 1.82) is 0 Å². The lowest BCUT2D eigenvalue weighted by atomic mass is 10.2. The van der Waals surface area contributed by atoms with Crippen molar-refractivity contribution in [3.05, 3.63) is 52.2 Å². The number of carbonyl (C=O) groups excluding carboxylic acids is 1. The zero-order valence-electron chi connectivity index (χ0n) is 11.8. The van der Waals surface area contributed by atoms with Crippen molar-refractivity contribution in [3.63, 3.8) is 0 Å². The van der Waals surface area contributed by atoms with E-state index in [2.05, 4.69) is 42.0 Å². The predicted molar refractivity (Wildman–Crippen MR) is 87.3 cm³/mol. The number of nitrogens with zero attached hydrogens (tertiary/aromatic N) is 1. The molecule has 0 N–H and O–H groups in total. The molecule has 1 amide bonds. The van der Waals surface area contributed by atoms with E-state index in [1.54, 1.807) is 23.1 Å². The Labute approximate surface area is 128 Å². The average Bonchev–Trinajstić information content (AvgIpc) is 2.98. The second-order valence-electron chi connectivity index (χ2n) is 4.68. The van der Waals surface area contributed by atoms with Crippen LogP contribution in [0.25, 0.3) is 0 Å². The van der Waals surface area contributed by atoms with Gasteiger partial charge in [-0.05, 0) is 41.8 Å². The molecule has 1 aromatic carbocycles. The van der Waals surface area contributed by atoms with E-state index in [1.807, 2.05) is 18.0 Å². The molecule has 0 saturated carbocycles. The van der Waals surface area contributed by atoms with Crippen LogP contribution in [0.15, 0.2) is 46.7 Å². The van der Waals surface area contributed by atoms with Crippen molar-refractivity contribution in [2.24, 2.45) is 0 Å². The van der Waals surface area contributed by atoms with Crippen LogP contribution in [0.2, 0.25) is 0 Å². The van der Waals surface area contributed by atoms with E-state index in [1.165, 1.54) is 15.3 Å².